The molecule has 0 saturated carbocycles. The van der Waals surface area contributed by atoms with E-state index in [1.165, 1.54) is 7.11 Å². The fraction of sp³-hybridized carbons (Fsp3) is 0.513. The number of hydrogen-bond acceptors (Lipinski definition) is 11. The van der Waals surface area contributed by atoms with Gasteiger partial charge in [0.05, 0.1) is 41.6 Å². The number of rotatable bonds is 7. The summed E-state index contributed by atoms with van der Waals surface area (Å²) in [6.45, 7) is 15.0. The zero-order valence-electron chi connectivity index (χ0n) is 30.9. The highest BCUT2D eigenvalue weighted by molar-refractivity contribution is 6.30. The van der Waals surface area contributed by atoms with Crippen molar-refractivity contribution >= 4 is 46.8 Å². The number of carbonyl (C=O) groups is 5. The maximum absolute atomic E-state index is 13.9. The Labute approximate surface area is 304 Å². The minimum Gasteiger partial charge on any atom is -0.465 e. The van der Waals surface area contributed by atoms with Gasteiger partial charge in [0.1, 0.15) is 0 Å². The van der Waals surface area contributed by atoms with E-state index in [-0.39, 0.29) is 18.8 Å². The van der Waals surface area contributed by atoms with Gasteiger partial charge < -0.3 is 28.6 Å². The summed E-state index contributed by atoms with van der Waals surface area (Å²) >= 11 is 6.23. The van der Waals surface area contributed by atoms with Crippen LogP contribution in [0.3, 0.4) is 0 Å². The number of allylic oxidation sites excluding steroid dienone is 1. The van der Waals surface area contributed by atoms with E-state index in [1.54, 1.807) is 122 Å². The number of hydrogen-bond donors (Lipinski definition) is 0. The highest BCUT2D eigenvalue weighted by Crippen LogP contribution is 2.41. The lowest BCUT2D eigenvalue weighted by atomic mass is 9.88. The number of nitrogens with zero attached hydrogens (tertiary/aromatic N) is 1. The van der Waals surface area contributed by atoms with Crippen molar-refractivity contribution in [1.82, 2.24) is 4.90 Å². The van der Waals surface area contributed by atoms with Crippen LogP contribution in [0.5, 0.6) is 0 Å². The molecule has 0 aliphatic carbocycles. The first-order valence-electron chi connectivity index (χ1n) is 16.8. The van der Waals surface area contributed by atoms with Crippen LogP contribution >= 0.6 is 11.6 Å². The summed E-state index contributed by atoms with van der Waals surface area (Å²) in [4.78, 5) is 68.1. The molecule has 1 fully saturated rings. The molecule has 0 amide bonds. The number of carbonyl (C=O) groups excluding carboxylic acids is 5. The van der Waals surface area contributed by atoms with E-state index in [0.29, 0.717) is 21.7 Å². The van der Waals surface area contributed by atoms with E-state index in [1.807, 2.05) is 0 Å². The van der Waals surface area contributed by atoms with Gasteiger partial charge >= 0.3 is 23.9 Å². The van der Waals surface area contributed by atoms with E-state index >= 15 is 0 Å². The minimum atomic E-state index is -1.32. The smallest absolute Gasteiger partial charge is 0.337 e. The van der Waals surface area contributed by atoms with Gasteiger partial charge in [-0.15, -0.1) is 0 Å². The quantitative estimate of drug-likeness (QED) is 0.223. The second kappa shape index (κ2) is 15.2. The van der Waals surface area contributed by atoms with Crippen molar-refractivity contribution in [3.8, 4) is 0 Å². The molecule has 0 N–H and O–H groups in total. The van der Waals surface area contributed by atoms with Gasteiger partial charge in [0.15, 0.2) is 30.3 Å². The lowest BCUT2D eigenvalue weighted by Gasteiger charge is -2.49. The lowest BCUT2D eigenvalue weighted by molar-refractivity contribution is -0.256. The fourth-order valence-corrected chi connectivity index (χ4v) is 5.49. The molecule has 0 unspecified atom stereocenters. The molecule has 0 spiro atoms. The third-order valence-corrected chi connectivity index (χ3v) is 8.72. The van der Waals surface area contributed by atoms with Crippen molar-refractivity contribution in [1.29, 1.82) is 0 Å². The van der Waals surface area contributed by atoms with Crippen molar-refractivity contribution in [3.63, 3.8) is 0 Å². The SMILES string of the molecule is COC(=O)c1ccc(C2=CN([C@H]3OC[C@@H](OC(=O)C(C)(C)C)[C@@H](OC(=O)C(C)(C)C)[C@@H]3OC(=O)C(C)(C)C)[C@@H](c3ccc(Cl)cc3)CC2=O)cc1. The second-order valence-electron chi connectivity index (χ2n) is 15.9. The summed E-state index contributed by atoms with van der Waals surface area (Å²) in [5.74, 6) is -2.49. The standard InChI is InChI=1S/C39H48ClNO10/c1-37(2,3)34(44)49-29-21-48-32(31(51-36(46)39(7,8)9)30(29)50-35(45)38(4,5)6)41-20-26(22-11-13-24(14-12-22)33(43)47-10)28(42)19-27(41)23-15-17-25(40)18-16-23/h11-18,20,27,29-32H,19,21H2,1-10H3/t27-,29-,30-,31+,32+/m1/s1. The molecule has 0 radical (unpaired) electrons. The second-order valence-corrected chi connectivity index (χ2v) is 16.3. The zero-order valence-corrected chi connectivity index (χ0v) is 31.7. The van der Waals surface area contributed by atoms with Crippen LogP contribution in [-0.2, 0) is 42.9 Å². The van der Waals surface area contributed by atoms with Gasteiger partial charge in [-0.25, -0.2) is 4.79 Å². The topological polar surface area (TPSA) is 135 Å². The monoisotopic (exact) mass is 725 g/mol. The fourth-order valence-electron chi connectivity index (χ4n) is 5.36. The van der Waals surface area contributed by atoms with Gasteiger partial charge in [0.25, 0.3) is 0 Å². The number of ether oxygens (including phenoxy) is 5. The van der Waals surface area contributed by atoms with Crippen LogP contribution in [0.2, 0.25) is 5.02 Å². The van der Waals surface area contributed by atoms with E-state index in [9.17, 15) is 24.0 Å². The normalized spacial score (nSPS) is 22.8. The molecule has 2 aliphatic heterocycles. The third-order valence-electron chi connectivity index (χ3n) is 8.47. The molecule has 0 bridgehead atoms. The van der Waals surface area contributed by atoms with E-state index in [4.69, 9.17) is 35.3 Å². The Morgan fingerprint density at radius 2 is 1.25 bits per heavy atom. The van der Waals surface area contributed by atoms with Crippen LogP contribution in [0.25, 0.3) is 5.57 Å². The molecule has 2 aromatic rings. The predicted molar refractivity (Wildman–Crippen MR) is 189 cm³/mol. The van der Waals surface area contributed by atoms with Gasteiger partial charge in [-0.3, -0.25) is 19.2 Å². The molecule has 2 heterocycles. The van der Waals surface area contributed by atoms with Gasteiger partial charge in [0, 0.05) is 23.2 Å². The van der Waals surface area contributed by atoms with Crippen molar-refractivity contribution in [2.24, 2.45) is 16.2 Å². The van der Waals surface area contributed by atoms with Crippen LogP contribution < -0.4 is 0 Å². The van der Waals surface area contributed by atoms with Crippen molar-refractivity contribution in [2.75, 3.05) is 13.7 Å². The first-order chi connectivity index (χ1) is 23.6. The Bertz CT molecular complexity index is 1660. The first-order valence-corrected chi connectivity index (χ1v) is 17.2. The molecule has 11 nitrogen and oxygen atoms in total. The minimum absolute atomic E-state index is 0.0130. The van der Waals surface area contributed by atoms with E-state index in [0.717, 1.165) is 5.56 Å². The summed E-state index contributed by atoms with van der Waals surface area (Å²) in [5, 5.41) is 0.498. The first kappa shape index (κ1) is 39.6. The number of methoxy groups -OCH3 is 1. The maximum Gasteiger partial charge on any atom is 0.337 e. The molecule has 4 rings (SSSR count). The number of Topliss-reactive ketones (excluding diaryl/α,β-unsaturated/α-hetero) is 1. The van der Waals surface area contributed by atoms with Gasteiger partial charge in [-0.2, -0.15) is 0 Å². The summed E-state index contributed by atoms with van der Waals surface area (Å²) in [7, 11) is 1.28. The summed E-state index contributed by atoms with van der Waals surface area (Å²) < 4.78 is 29.5. The van der Waals surface area contributed by atoms with Crippen LogP contribution in [0.4, 0.5) is 0 Å². The molecule has 51 heavy (non-hydrogen) atoms. The lowest BCUT2D eigenvalue weighted by Crippen LogP contribution is -2.63. The Balaban J connectivity index is 1.90. The van der Waals surface area contributed by atoms with Crippen molar-refractivity contribution in [2.45, 2.75) is 99.3 Å². The number of benzene rings is 2. The van der Waals surface area contributed by atoms with Gasteiger partial charge in [0.2, 0.25) is 0 Å². The third kappa shape index (κ3) is 9.37. The van der Waals surface area contributed by atoms with Crippen molar-refractivity contribution < 1.29 is 47.7 Å². The highest BCUT2D eigenvalue weighted by Gasteiger charge is 2.53. The Morgan fingerprint density at radius 3 is 1.76 bits per heavy atom. The number of ketones is 1. The van der Waals surface area contributed by atoms with Gasteiger partial charge in [-0.05, 0) is 97.7 Å². The maximum atomic E-state index is 13.9. The molecule has 1 saturated heterocycles. The average molecular weight is 726 g/mol. The van der Waals surface area contributed by atoms with Gasteiger partial charge in [-0.1, -0.05) is 35.9 Å². The summed E-state index contributed by atoms with van der Waals surface area (Å²) in [6.07, 6.45) is -3.25. The molecule has 5 atom stereocenters. The molecule has 0 aromatic heterocycles. The average Bonchev–Trinajstić information content (AvgIpc) is 3.04. The van der Waals surface area contributed by atoms with Crippen molar-refractivity contribution in [3.05, 3.63) is 76.4 Å². The Kier molecular flexibility index (Phi) is 11.8. The summed E-state index contributed by atoms with van der Waals surface area (Å²) in [6, 6.07) is 12.8. The molecule has 276 valence electrons. The van der Waals surface area contributed by atoms with Crippen LogP contribution in [-0.4, -0.2) is 72.8 Å². The Hall–Kier alpha value is -4.22. The Morgan fingerprint density at radius 1 is 0.745 bits per heavy atom. The zero-order chi connectivity index (χ0) is 38.1. The molecular formula is C39H48ClNO10. The van der Waals surface area contributed by atoms with Crippen LogP contribution in [0.15, 0.2) is 54.7 Å². The highest BCUT2D eigenvalue weighted by atomic mass is 35.5. The van der Waals surface area contributed by atoms with E-state index in [2.05, 4.69) is 0 Å². The number of halogens is 1. The largest absolute Gasteiger partial charge is 0.465 e. The molecule has 2 aliphatic rings. The van der Waals surface area contributed by atoms with Crippen LogP contribution in [0, 0.1) is 16.2 Å². The molecular weight excluding hydrogens is 678 g/mol. The molecule has 2 aromatic carbocycles. The predicted octanol–water partition coefficient (Wildman–Crippen LogP) is 6.71. The molecule has 12 heteroatoms. The van der Waals surface area contributed by atoms with E-state index < -0.39 is 70.7 Å². The summed E-state index contributed by atoms with van der Waals surface area (Å²) in [5.41, 5.74) is -0.972. The van der Waals surface area contributed by atoms with Crippen LogP contribution in [0.1, 0.15) is 96.3 Å². The number of esters is 4.